The number of nitrogens with zero attached hydrogens (tertiary/aromatic N) is 5. The lowest BCUT2D eigenvalue weighted by molar-refractivity contribution is 0.423. The Kier molecular flexibility index (Phi) is 4.82. The summed E-state index contributed by atoms with van der Waals surface area (Å²) in [5.41, 5.74) is 2.55. The predicted molar refractivity (Wildman–Crippen MR) is 106 cm³/mol. The number of aromatic amines is 1. The zero-order chi connectivity index (χ0) is 19.7. The predicted octanol–water partition coefficient (Wildman–Crippen LogP) is 3.38. The average molecular weight is 394 g/mol. The molecule has 0 aliphatic carbocycles. The van der Waals surface area contributed by atoms with Crippen molar-refractivity contribution in [1.82, 2.24) is 29.9 Å². The Morgan fingerprint density at radius 3 is 2.82 bits per heavy atom. The largest absolute Gasteiger partial charge is 0.334 e. The lowest BCUT2D eigenvalue weighted by atomic mass is 10.1. The zero-order valence-electron chi connectivity index (χ0n) is 15.6. The maximum atomic E-state index is 11.5. The average Bonchev–Trinajstić information content (AvgIpc) is 3.30. The van der Waals surface area contributed by atoms with E-state index in [-0.39, 0.29) is 10.8 Å². The summed E-state index contributed by atoms with van der Waals surface area (Å²) in [6, 6.07) is 11.2. The van der Waals surface area contributed by atoms with Gasteiger partial charge in [0.15, 0.2) is 16.8 Å². The van der Waals surface area contributed by atoms with Gasteiger partial charge in [0.1, 0.15) is 0 Å². The van der Waals surface area contributed by atoms with Crippen LogP contribution in [0.5, 0.6) is 0 Å². The Labute approximate surface area is 165 Å². The first-order chi connectivity index (χ1) is 13.5. The Balaban J connectivity index is 1.55. The quantitative estimate of drug-likeness (QED) is 0.518. The molecule has 1 aromatic carbocycles. The molecule has 0 saturated heterocycles. The third-order valence-electron chi connectivity index (χ3n) is 4.22. The topological polar surface area (TPSA) is 102 Å². The molecule has 1 atom stereocenters. The minimum absolute atomic E-state index is 0.0859. The highest BCUT2D eigenvalue weighted by molar-refractivity contribution is 7.99. The Morgan fingerprint density at radius 2 is 2.04 bits per heavy atom. The lowest BCUT2D eigenvalue weighted by Gasteiger charge is -2.06. The monoisotopic (exact) mass is 394 g/mol. The van der Waals surface area contributed by atoms with Gasteiger partial charge in [0.25, 0.3) is 5.89 Å². The fourth-order valence-electron chi connectivity index (χ4n) is 2.76. The number of thioether (sulfide) groups is 1. The highest BCUT2D eigenvalue weighted by Crippen LogP contribution is 2.34. The van der Waals surface area contributed by atoms with Gasteiger partial charge >= 0.3 is 0 Å². The molecule has 0 spiro atoms. The van der Waals surface area contributed by atoms with Gasteiger partial charge in [-0.25, -0.2) is 0 Å². The first kappa shape index (κ1) is 18.2. The number of nitrogens with one attached hydrogen (secondary N) is 1. The minimum atomic E-state index is -0.182. The molecule has 0 radical (unpaired) electrons. The molecule has 28 heavy (non-hydrogen) atoms. The molecule has 0 aliphatic rings. The van der Waals surface area contributed by atoms with E-state index in [4.69, 9.17) is 4.52 Å². The molecule has 4 aromatic rings. The maximum Gasteiger partial charge on any atom is 0.257 e. The highest BCUT2D eigenvalue weighted by Gasteiger charge is 2.20. The number of aryl methyl sites for hydroxylation is 1. The fraction of sp³-hybridized carbons (Fsp3) is 0.211. The fourth-order valence-corrected chi connectivity index (χ4v) is 3.61. The van der Waals surface area contributed by atoms with E-state index in [1.807, 2.05) is 49.7 Å². The van der Waals surface area contributed by atoms with Crippen molar-refractivity contribution in [2.75, 3.05) is 0 Å². The van der Waals surface area contributed by atoms with Crippen molar-refractivity contribution in [3.8, 4) is 22.8 Å². The molecular weight excluding hydrogens is 376 g/mol. The van der Waals surface area contributed by atoms with Gasteiger partial charge in [0, 0.05) is 30.4 Å². The normalized spacial score (nSPS) is 12.2. The van der Waals surface area contributed by atoms with Crippen LogP contribution < -0.4 is 5.56 Å². The van der Waals surface area contributed by atoms with Crippen LogP contribution in [0.1, 0.15) is 23.6 Å². The van der Waals surface area contributed by atoms with Gasteiger partial charge in [-0.05, 0) is 32.0 Å². The zero-order valence-corrected chi connectivity index (χ0v) is 16.4. The number of benzene rings is 1. The van der Waals surface area contributed by atoms with E-state index in [1.165, 1.54) is 17.8 Å². The first-order valence-electron chi connectivity index (χ1n) is 8.67. The van der Waals surface area contributed by atoms with Gasteiger partial charge in [-0.1, -0.05) is 34.6 Å². The van der Waals surface area contributed by atoms with Crippen LogP contribution in [0.4, 0.5) is 0 Å². The molecule has 0 saturated carbocycles. The van der Waals surface area contributed by atoms with E-state index in [2.05, 4.69) is 25.3 Å². The SMILES string of the molecule is Cc1cccc(-c2nc([C@@H](C)Sc3nnc(-c4cc[nH]c(=O)c4)n3C)no2)c1. The molecule has 0 bridgehead atoms. The third-order valence-corrected chi connectivity index (χ3v) is 5.35. The Hall–Kier alpha value is -3.20. The number of hydrogen-bond acceptors (Lipinski definition) is 7. The van der Waals surface area contributed by atoms with E-state index >= 15 is 0 Å². The van der Waals surface area contributed by atoms with E-state index in [0.29, 0.717) is 28.3 Å². The smallest absolute Gasteiger partial charge is 0.257 e. The standard InChI is InChI=1S/C19H18N6O2S/c1-11-5-4-6-14(9-11)18-21-16(24-27-18)12(2)28-19-23-22-17(25(19)3)13-7-8-20-15(26)10-13/h4-10,12H,1-3H3,(H,20,26)/t12-/m1/s1. The summed E-state index contributed by atoms with van der Waals surface area (Å²) in [5.74, 6) is 1.70. The van der Waals surface area contributed by atoms with E-state index < -0.39 is 0 Å². The number of rotatable bonds is 5. The molecule has 142 valence electrons. The van der Waals surface area contributed by atoms with Crippen molar-refractivity contribution >= 4 is 11.8 Å². The molecule has 0 fully saturated rings. The van der Waals surface area contributed by atoms with E-state index in [0.717, 1.165) is 11.1 Å². The van der Waals surface area contributed by atoms with Crippen molar-refractivity contribution in [1.29, 1.82) is 0 Å². The van der Waals surface area contributed by atoms with Crippen LogP contribution in [0.2, 0.25) is 0 Å². The molecular formula is C19H18N6O2S. The minimum Gasteiger partial charge on any atom is -0.334 e. The molecule has 3 heterocycles. The second-order valence-corrected chi connectivity index (χ2v) is 7.70. The summed E-state index contributed by atoms with van der Waals surface area (Å²) in [6.45, 7) is 4.00. The van der Waals surface area contributed by atoms with Crippen LogP contribution in [-0.4, -0.2) is 29.9 Å². The van der Waals surface area contributed by atoms with Gasteiger partial charge in [0.2, 0.25) is 5.56 Å². The van der Waals surface area contributed by atoms with Crippen LogP contribution in [0.15, 0.2) is 57.1 Å². The Bertz CT molecular complexity index is 1180. The van der Waals surface area contributed by atoms with Crippen molar-refractivity contribution in [3.05, 3.63) is 64.3 Å². The maximum absolute atomic E-state index is 11.5. The van der Waals surface area contributed by atoms with Gasteiger partial charge in [-0.2, -0.15) is 4.98 Å². The van der Waals surface area contributed by atoms with Gasteiger partial charge in [0.05, 0.1) is 5.25 Å². The summed E-state index contributed by atoms with van der Waals surface area (Å²) in [6.07, 6.45) is 1.59. The van der Waals surface area contributed by atoms with Crippen molar-refractivity contribution in [3.63, 3.8) is 0 Å². The summed E-state index contributed by atoms with van der Waals surface area (Å²) in [4.78, 5) is 18.7. The highest BCUT2D eigenvalue weighted by atomic mass is 32.2. The summed E-state index contributed by atoms with van der Waals surface area (Å²) in [7, 11) is 1.86. The third kappa shape index (κ3) is 3.61. The van der Waals surface area contributed by atoms with Crippen LogP contribution in [0.25, 0.3) is 22.8 Å². The second-order valence-electron chi connectivity index (χ2n) is 6.39. The molecule has 1 N–H and O–H groups in total. The van der Waals surface area contributed by atoms with E-state index in [9.17, 15) is 4.79 Å². The van der Waals surface area contributed by atoms with E-state index in [1.54, 1.807) is 12.3 Å². The number of pyridine rings is 1. The molecule has 3 aromatic heterocycles. The first-order valence-corrected chi connectivity index (χ1v) is 9.55. The summed E-state index contributed by atoms with van der Waals surface area (Å²) in [5, 5.41) is 13.2. The Morgan fingerprint density at radius 1 is 1.18 bits per heavy atom. The molecule has 0 unspecified atom stereocenters. The van der Waals surface area contributed by atoms with Gasteiger partial charge in [-0.15, -0.1) is 10.2 Å². The van der Waals surface area contributed by atoms with Crippen molar-refractivity contribution in [2.45, 2.75) is 24.3 Å². The molecule has 0 aliphatic heterocycles. The van der Waals surface area contributed by atoms with Crippen molar-refractivity contribution < 1.29 is 4.52 Å². The lowest BCUT2D eigenvalue weighted by Crippen LogP contribution is -2.04. The van der Waals surface area contributed by atoms with Crippen LogP contribution in [0, 0.1) is 6.92 Å². The summed E-state index contributed by atoms with van der Waals surface area (Å²) >= 11 is 1.47. The van der Waals surface area contributed by atoms with Gasteiger partial charge in [-0.3, -0.25) is 4.79 Å². The van der Waals surface area contributed by atoms with Crippen LogP contribution in [0.3, 0.4) is 0 Å². The molecule has 8 nitrogen and oxygen atoms in total. The number of hydrogen-bond donors (Lipinski definition) is 1. The van der Waals surface area contributed by atoms with Crippen LogP contribution in [-0.2, 0) is 7.05 Å². The van der Waals surface area contributed by atoms with Gasteiger partial charge < -0.3 is 14.1 Å². The second kappa shape index (κ2) is 7.43. The number of aromatic nitrogens is 6. The summed E-state index contributed by atoms with van der Waals surface area (Å²) < 4.78 is 7.27. The molecule has 9 heteroatoms. The van der Waals surface area contributed by atoms with Crippen LogP contribution >= 0.6 is 11.8 Å². The molecule has 0 amide bonds. The molecule has 4 rings (SSSR count). The number of H-pyrrole nitrogens is 1. The van der Waals surface area contributed by atoms with Crippen molar-refractivity contribution in [2.24, 2.45) is 7.05 Å².